The van der Waals surface area contributed by atoms with Crippen molar-refractivity contribution in [1.29, 1.82) is 0 Å². The second kappa shape index (κ2) is 10.2. The summed E-state index contributed by atoms with van der Waals surface area (Å²) < 4.78 is 71.1. The van der Waals surface area contributed by atoms with Gasteiger partial charge in [-0.15, -0.1) is 5.10 Å². The maximum absolute atomic E-state index is 13.2. The van der Waals surface area contributed by atoms with Crippen molar-refractivity contribution in [2.75, 3.05) is 24.1 Å². The number of hydrogen-bond donors (Lipinski definition) is 3. The quantitative estimate of drug-likeness (QED) is 0.319. The van der Waals surface area contributed by atoms with Crippen molar-refractivity contribution in [3.63, 3.8) is 0 Å². The molecule has 204 valence electrons. The number of alkyl halides is 3. The SMILES string of the molecule is Nc1nnc(-c2cc(-c3ccc(S(=O)(=O)N4CCC(Nc5ccc(C(F)(F)F)cn5)C(O)C4)cc3)ccn2)o1. The molecular formula is C24H22F3N7O4S. The molecule has 1 fully saturated rings. The van der Waals surface area contributed by atoms with Crippen LogP contribution in [0.25, 0.3) is 22.7 Å². The first kappa shape index (κ1) is 26.5. The predicted molar refractivity (Wildman–Crippen MR) is 133 cm³/mol. The number of aliphatic hydroxyl groups excluding tert-OH is 1. The third-order valence-electron chi connectivity index (χ3n) is 6.21. The topological polar surface area (TPSA) is 160 Å². The molecule has 0 amide bonds. The fourth-order valence-corrected chi connectivity index (χ4v) is 5.63. The van der Waals surface area contributed by atoms with Crippen LogP contribution < -0.4 is 11.1 Å². The fourth-order valence-electron chi connectivity index (χ4n) is 4.16. The van der Waals surface area contributed by atoms with Gasteiger partial charge in [0.25, 0.3) is 5.89 Å². The zero-order valence-corrected chi connectivity index (χ0v) is 20.9. The lowest BCUT2D eigenvalue weighted by Crippen LogP contribution is -2.51. The molecule has 3 aromatic heterocycles. The largest absolute Gasteiger partial charge is 0.417 e. The molecule has 0 saturated carbocycles. The number of β-amino-alcohol motifs (C(OH)–C–C–N with tert-alkyl or cyclic N) is 1. The highest BCUT2D eigenvalue weighted by Gasteiger charge is 2.35. The molecule has 0 radical (unpaired) electrons. The molecule has 11 nitrogen and oxygen atoms in total. The minimum absolute atomic E-state index is 0.0493. The van der Waals surface area contributed by atoms with E-state index >= 15 is 0 Å². The van der Waals surface area contributed by atoms with E-state index in [4.69, 9.17) is 10.2 Å². The van der Waals surface area contributed by atoms with Gasteiger partial charge in [0.15, 0.2) is 0 Å². The summed E-state index contributed by atoms with van der Waals surface area (Å²) in [5.41, 5.74) is 6.44. The van der Waals surface area contributed by atoms with Crippen molar-refractivity contribution in [1.82, 2.24) is 24.5 Å². The van der Waals surface area contributed by atoms with Crippen molar-refractivity contribution < 1.29 is 31.1 Å². The van der Waals surface area contributed by atoms with E-state index in [1.54, 1.807) is 30.5 Å². The number of nitrogen functional groups attached to an aromatic ring is 1. The van der Waals surface area contributed by atoms with Gasteiger partial charge in [-0.2, -0.15) is 17.5 Å². The summed E-state index contributed by atoms with van der Waals surface area (Å²) in [5, 5.41) is 20.9. The average molecular weight is 562 g/mol. The van der Waals surface area contributed by atoms with Gasteiger partial charge < -0.3 is 20.6 Å². The molecule has 2 atom stereocenters. The van der Waals surface area contributed by atoms with Crippen LogP contribution in [0, 0.1) is 0 Å². The van der Waals surface area contributed by atoms with E-state index in [9.17, 15) is 26.7 Å². The number of halogens is 3. The molecular weight excluding hydrogens is 539 g/mol. The van der Waals surface area contributed by atoms with E-state index in [0.717, 1.165) is 17.2 Å². The van der Waals surface area contributed by atoms with Gasteiger partial charge in [-0.1, -0.05) is 17.2 Å². The Hall–Kier alpha value is -4.08. The molecule has 1 aliphatic heterocycles. The Bertz CT molecular complexity index is 1560. The summed E-state index contributed by atoms with van der Waals surface area (Å²) in [5.74, 6) is 0.305. The van der Waals surface area contributed by atoms with Gasteiger partial charge in [-0.05, 0) is 53.9 Å². The molecule has 4 N–H and O–H groups in total. The molecule has 0 spiro atoms. The Balaban J connectivity index is 1.25. The van der Waals surface area contributed by atoms with Crippen LogP contribution >= 0.6 is 0 Å². The number of aliphatic hydroxyl groups is 1. The Morgan fingerprint density at radius 3 is 2.44 bits per heavy atom. The normalized spacial score (nSPS) is 18.7. The highest BCUT2D eigenvalue weighted by atomic mass is 32.2. The monoisotopic (exact) mass is 561 g/mol. The second-order valence-corrected chi connectivity index (χ2v) is 10.7. The molecule has 4 aromatic rings. The van der Waals surface area contributed by atoms with Crippen LogP contribution in [0.15, 0.2) is 70.2 Å². The van der Waals surface area contributed by atoms with Crippen LogP contribution in [0.3, 0.4) is 0 Å². The fraction of sp³-hybridized carbons (Fsp3) is 0.250. The van der Waals surface area contributed by atoms with E-state index < -0.39 is 33.9 Å². The highest BCUT2D eigenvalue weighted by molar-refractivity contribution is 7.89. The summed E-state index contributed by atoms with van der Waals surface area (Å²) in [7, 11) is -3.92. The first-order valence-corrected chi connectivity index (χ1v) is 13.1. The van der Waals surface area contributed by atoms with Crippen molar-refractivity contribution in [2.45, 2.75) is 29.6 Å². The first-order chi connectivity index (χ1) is 18.5. The first-order valence-electron chi connectivity index (χ1n) is 11.6. The van der Waals surface area contributed by atoms with Crippen LogP contribution in [-0.4, -0.2) is 63.2 Å². The molecule has 0 aliphatic carbocycles. The average Bonchev–Trinajstić information content (AvgIpc) is 3.36. The van der Waals surface area contributed by atoms with Gasteiger partial charge in [0.05, 0.1) is 22.6 Å². The van der Waals surface area contributed by atoms with E-state index in [0.29, 0.717) is 11.9 Å². The van der Waals surface area contributed by atoms with E-state index in [1.807, 2.05) is 0 Å². The number of nitrogens with one attached hydrogen (secondary N) is 1. The minimum atomic E-state index is -4.51. The van der Waals surface area contributed by atoms with Gasteiger partial charge >= 0.3 is 12.2 Å². The number of rotatable bonds is 6. The smallest absolute Gasteiger partial charge is 0.402 e. The lowest BCUT2D eigenvalue weighted by Gasteiger charge is -2.35. The number of sulfonamides is 1. The second-order valence-electron chi connectivity index (χ2n) is 8.80. The molecule has 4 heterocycles. The molecule has 1 saturated heterocycles. The number of aromatic nitrogens is 4. The number of nitrogens with zero attached hydrogens (tertiary/aromatic N) is 5. The van der Waals surface area contributed by atoms with Gasteiger partial charge in [0, 0.05) is 25.5 Å². The molecule has 5 rings (SSSR count). The summed E-state index contributed by atoms with van der Waals surface area (Å²) in [6.07, 6.45) is -3.14. The van der Waals surface area contributed by atoms with Gasteiger partial charge in [-0.3, -0.25) is 4.98 Å². The van der Waals surface area contributed by atoms with Gasteiger partial charge in [-0.25, -0.2) is 13.4 Å². The molecule has 1 aromatic carbocycles. The number of nitrogens with two attached hydrogens (primary N) is 1. The van der Waals surface area contributed by atoms with Crippen molar-refractivity contribution >= 4 is 21.9 Å². The minimum Gasteiger partial charge on any atom is -0.402 e. The number of anilines is 2. The third-order valence-corrected chi connectivity index (χ3v) is 8.09. The maximum atomic E-state index is 13.2. The molecule has 15 heteroatoms. The molecule has 39 heavy (non-hydrogen) atoms. The van der Waals surface area contributed by atoms with E-state index in [-0.39, 0.29) is 42.1 Å². The molecule has 2 unspecified atom stereocenters. The summed E-state index contributed by atoms with van der Waals surface area (Å²) >= 11 is 0. The van der Waals surface area contributed by atoms with Gasteiger partial charge in [0.2, 0.25) is 10.0 Å². The third kappa shape index (κ3) is 5.69. The lowest BCUT2D eigenvalue weighted by atomic mass is 10.0. The van der Waals surface area contributed by atoms with Gasteiger partial charge in [0.1, 0.15) is 11.5 Å². The number of pyridine rings is 2. The van der Waals surface area contributed by atoms with Crippen molar-refractivity contribution in [3.05, 3.63) is 66.5 Å². The number of hydrogen-bond acceptors (Lipinski definition) is 10. The zero-order valence-electron chi connectivity index (χ0n) is 20.1. The molecule has 1 aliphatic rings. The summed E-state index contributed by atoms with van der Waals surface area (Å²) in [4.78, 5) is 7.99. The van der Waals surface area contributed by atoms with Crippen molar-refractivity contribution in [3.8, 4) is 22.7 Å². The number of piperidine rings is 1. The summed E-state index contributed by atoms with van der Waals surface area (Å²) in [6, 6.07) is 11.1. The Labute approximate surface area is 220 Å². The standard InChI is InChI=1S/C24H22F3N7O4S/c25-24(26,27)16-3-6-21(30-12-16)31-18-8-10-34(13-20(18)35)39(36,37)17-4-1-14(2-5-17)15-7-9-29-19(11-15)22-32-33-23(28)38-22/h1-7,9,11-12,18,20,35H,8,10,13H2,(H2,28,33)(H,30,31). The van der Waals surface area contributed by atoms with Crippen LogP contribution in [0.4, 0.5) is 25.0 Å². The van der Waals surface area contributed by atoms with Crippen LogP contribution in [0.5, 0.6) is 0 Å². The predicted octanol–water partition coefficient (Wildman–Crippen LogP) is 3.03. The van der Waals surface area contributed by atoms with E-state index in [1.165, 1.54) is 22.5 Å². The van der Waals surface area contributed by atoms with E-state index in [2.05, 4.69) is 25.5 Å². The number of benzene rings is 1. The van der Waals surface area contributed by atoms with Crippen molar-refractivity contribution in [2.24, 2.45) is 0 Å². The highest BCUT2D eigenvalue weighted by Crippen LogP contribution is 2.30. The lowest BCUT2D eigenvalue weighted by molar-refractivity contribution is -0.137. The van der Waals surface area contributed by atoms with Crippen LogP contribution in [0.2, 0.25) is 0 Å². The summed E-state index contributed by atoms with van der Waals surface area (Å²) in [6.45, 7) is -0.0934. The maximum Gasteiger partial charge on any atom is 0.417 e. The Morgan fingerprint density at radius 2 is 1.82 bits per heavy atom. The zero-order chi connectivity index (χ0) is 27.8. The Kier molecular flexibility index (Phi) is 6.96. The Morgan fingerprint density at radius 1 is 1.05 bits per heavy atom. The van der Waals surface area contributed by atoms with Crippen LogP contribution in [0.1, 0.15) is 12.0 Å². The molecule has 0 bridgehead atoms. The van der Waals surface area contributed by atoms with Crippen LogP contribution in [-0.2, 0) is 16.2 Å².